The normalized spacial score (nSPS) is 16.4. The van der Waals surface area contributed by atoms with Crippen molar-refractivity contribution in [1.29, 1.82) is 0 Å². The van der Waals surface area contributed by atoms with Crippen LogP contribution in [0.2, 0.25) is 0 Å². The highest BCUT2D eigenvalue weighted by Crippen LogP contribution is 2.27. The van der Waals surface area contributed by atoms with Crippen molar-refractivity contribution in [1.82, 2.24) is 15.8 Å². The monoisotopic (exact) mass is 497 g/mol. The van der Waals surface area contributed by atoms with Gasteiger partial charge in [0.05, 0.1) is 6.20 Å². The van der Waals surface area contributed by atoms with Crippen LogP contribution in [-0.4, -0.2) is 40.8 Å². The van der Waals surface area contributed by atoms with E-state index in [4.69, 9.17) is 9.26 Å². The molecular formula is C27H35N3O6. The third-order valence-electron chi connectivity index (χ3n) is 6.78. The van der Waals surface area contributed by atoms with E-state index in [1.165, 1.54) is 12.3 Å². The van der Waals surface area contributed by atoms with Gasteiger partial charge < -0.3 is 19.9 Å². The zero-order chi connectivity index (χ0) is 25.9. The summed E-state index contributed by atoms with van der Waals surface area (Å²) in [7, 11) is 0. The highest BCUT2D eigenvalue weighted by Gasteiger charge is 2.35. The molecule has 36 heavy (non-hydrogen) atoms. The minimum absolute atomic E-state index is 0.00418. The molecule has 1 aliphatic rings. The van der Waals surface area contributed by atoms with E-state index in [2.05, 4.69) is 15.8 Å². The molecule has 1 fully saturated rings. The van der Waals surface area contributed by atoms with Crippen LogP contribution in [0.15, 0.2) is 47.1 Å². The summed E-state index contributed by atoms with van der Waals surface area (Å²) in [5.74, 6) is -2.93. The SMILES string of the molecule is CC[C@H](C)[C@H](NC(=O)C(CC1CCCCC1)NC(=O)c1ccno1)C(=O)C(=O)OCc1ccccc1. The number of nitrogens with zero attached hydrogens (tertiary/aromatic N) is 1. The Morgan fingerprint density at radius 1 is 1.06 bits per heavy atom. The summed E-state index contributed by atoms with van der Waals surface area (Å²) in [6, 6.07) is 8.51. The first-order chi connectivity index (χ1) is 17.4. The number of hydrogen-bond acceptors (Lipinski definition) is 7. The second-order valence-corrected chi connectivity index (χ2v) is 9.44. The number of aromatic nitrogens is 1. The molecule has 0 bridgehead atoms. The summed E-state index contributed by atoms with van der Waals surface area (Å²) in [4.78, 5) is 51.6. The number of carbonyl (C=O) groups is 4. The minimum Gasteiger partial charge on any atom is -0.455 e. The van der Waals surface area contributed by atoms with Crippen LogP contribution in [-0.2, 0) is 25.7 Å². The number of ketones is 1. The fraction of sp³-hybridized carbons (Fsp3) is 0.519. The lowest BCUT2D eigenvalue weighted by atomic mass is 9.84. The Morgan fingerprint density at radius 2 is 1.78 bits per heavy atom. The number of hydrogen-bond donors (Lipinski definition) is 2. The first kappa shape index (κ1) is 27.1. The molecule has 1 unspecified atom stereocenters. The van der Waals surface area contributed by atoms with Gasteiger partial charge in [-0.2, -0.15) is 0 Å². The largest absolute Gasteiger partial charge is 0.455 e. The minimum atomic E-state index is -1.07. The van der Waals surface area contributed by atoms with Crippen LogP contribution in [0.1, 0.15) is 74.9 Å². The number of ether oxygens (including phenoxy) is 1. The van der Waals surface area contributed by atoms with Gasteiger partial charge in [-0.05, 0) is 23.8 Å². The van der Waals surface area contributed by atoms with Crippen molar-refractivity contribution in [3.8, 4) is 0 Å². The van der Waals surface area contributed by atoms with E-state index in [1.54, 1.807) is 19.1 Å². The van der Waals surface area contributed by atoms with Crippen molar-refractivity contribution in [2.45, 2.75) is 77.5 Å². The zero-order valence-electron chi connectivity index (χ0n) is 20.9. The molecule has 2 amide bonds. The molecule has 0 spiro atoms. The Labute approximate surface area is 211 Å². The van der Waals surface area contributed by atoms with E-state index in [1.807, 2.05) is 25.1 Å². The van der Waals surface area contributed by atoms with Gasteiger partial charge in [0.25, 0.3) is 11.7 Å². The molecular weight excluding hydrogens is 462 g/mol. The highest BCUT2D eigenvalue weighted by atomic mass is 16.5. The Balaban J connectivity index is 1.70. The van der Waals surface area contributed by atoms with Crippen LogP contribution in [0.25, 0.3) is 0 Å². The fourth-order valence-corrected chi connectivity index (χ4v) is 4.43. The Bertz CT molecular complexity index is 1000. The molecule has 1 aliphatic carbocycles. The number of carbonyl (C=O) groups excluding carboxylic acids is 4. The quantitative estimate of drug-likeness (QED) is 0.339. The molecule has 1 heterocycles. The molecule has 9 heteroatoms. The summed E-state index contributed by atoms with van der Waals surface area (Å²) >= 11 is 0. The molecule has 2 aromatic rings. The number of nitrogens with one attached hydrogen (secondary N) is 2. The molecule has 194 valence electrons. The topological polar surface area (TPSA) is 128 Å². The lowest BCUT2D eigenvalue weighted by molar-refractivity contribution is -0.156. The van der Waals surface area contributed by atoms with Crippen molar-refractivity contribution in [3.05, 3.63) is 53.9 Å². The lowest BCUT2D eigenvalue weighted by Gasteiger charge is -2.29. The van der Waals surface area contributed by atoms with E-state index in [0.29, 0.717) is 12.8 Å². The third-order valence-corrected chi connectivity index (χ3v) is 6.78. The summed E-state index contributed by atoms with van der Waals surface area (Å²) in [6.07, 6.45) is 7.61. The van der Waals surface area contributed by atoms with E-state index >= 15 is 0 Å². The molecule has 1 saturated carbocycles. The molecule has 9 nitrogen and oxygen atoms in total. The second kappa shape index (κ2) is 13.6. The van der Waals surface area contributed by atoms with Gasteiger partial charge in [0.2, 0.25) is 11.7 Å². The van der Waals surface area contributed by atoms with Gasteiger partial charge in [0.15, 0.2) is 0 Å². The predicted octanol–water partition coefficient (Wildman–Crippen LogP) is 3.59. The summed E-state index contributed by atoms with van der Waals surface area (Å²) in [6.45, 7) is 3.62. The molecule has 3 rings (SSSR count). The number of benzene rings is 1. The van der Waals surface area contributed by atoms with Crippen LogP contribution in [0.3, 0.4) is 0 Å². The molecule has 2 N–H and O–H groups in total. The molecule has 3 atom stereocenters. The van der Waals surface area contributed by atoms with Crippen LogP contribution in [0, 0.1) is 11.8 Å². The van der Waals surface area contributed by atoms with E-state index < -0.39 is 35.7 Å². The molecule has 0 radical (unpaired) electrons. The van der Waals surface area contributed by atoms with Crippen LogP contribution in [0.4, 0.5) is 0 Å². The first-order valence-electron chi connectivity index (χ1n) is 12.7. The Kier molecular flexibility index (Phi) is 10.2. The number of Topliss-reactive ketones (excluding diaryl/α,β-unsaturated/α-hetero) is 1. The highest BCUT2D eigenvalue weighted by molar-refractivity contribution is 6.36. The number of rotatable bonds is 12. The Hall–Kier alpha value is -3.49. The van der Waals surface area contributed by atoms with Crippen LogP contribution >= 0.6 is 0 Å². The molecule has 0 saturated heterocycles. The maximum Gasteiger partial charge on any atom is 0.377 e. The number of esters is 1. The maximum atomic E-state index is 13.4. The predicted molar refractivity (Wildman–Crippen MR) is 132 cm³/mol. The van der Waals surface area contributed by atoms with Gasteiger partial charge in [-0.1, -0.05) is 87.9 Å². The van der Waals surface area contributed by atoms with Crippen molar-refractivity contribution >= 4 is 23.6 Å². The van der Waals surface area contributed by atoms with Gasteiger partial charge in [0, 0.05) is 6.07 Å². The summed E-state index contributed by atoms with van der Waals surface area (Å²) in [5, 5.41) is 9.01. The second-order valence-electron chi connectivity index (χ2n) is 9.44. The smallest absolute Gasteiger partial charge is 0.377 e. The van der Waals surface area contributed by atoms with E-state index in [0.717, 1.165) is 37.7 Å². The maximum absolute atomic E-state index is 13.4. The fourth-order valence-electron chi connectivity index (χ4n) is 4.43. The van der Waals surface area contributed by atoms with Gasteiger partial charge >= 0.3 is 5.97 Å². The van der Waals surface area contributed by atoms with Crippen molar-refractivity contribution in [3.63, 3.8) is 0 Å². The zero-order valence-corrected chi connectivity index (χ0v) is 20.9. The molecule has 1 aromatic heterocycles. The molecule has 1 aromatic carbocycles. The van der Waals surface area contributed by atoms with Crippen molar-refractivity contribution < 1.29 is 28.4 Å². The van der Waals surface area contributed by atoms with Crippen LogP contribution in [0.5, 0.6) is 0 Å². The standard InChI is InChI=1S/C27H35N3O6/c1-3-18(2)23(24(31)27(34)35-17-20-12-8-5-9-13-20)30-25(32)21(16-19-10-6-4-7-11-19)29-26(33)22-14-15-28-36-22/h5,8-9,12-15,18-19,21,23H,3-4,6-7,10-11,16-17H2,1-2H3,(H,29,33)(H,30,32)/t18-,21?,23-/m0/s1. The van der Waals surface area contributed by atoms with Gasteiger partial charge in [-0.3, -0.25) is 14.4 Å². The van der Waals surface area contributed by atoms with E-state index in [-0.39, 0.29) is 24.2 Å². The Morgan fingerprint density at radius 3 is 2.42 bits per heavy atom. The van der Waals surface area contributed by atoms with E-state index in [9.17, 15) is 19.2 Å². The van der Waals surface area contributed by atoms with Gasteiger partial charge in [-0.15, -0.1) is 0 Å². The molecule has 0 aliphatic heterocycles. The number of amides is 2. The van der Waals surface area contributed by atoms with Crippen molar-refractivity contribution in [2.24, 2.45) is 11.8 Å². The lowest BCUT2D eigenvalue weighted by Crippen LogP contribution is -2.55. The van der Waals surface area contributed by atoms with Gasteiger partial charge in [0.1, 0.15) is 18.7 Å². The third kappa shape index (κ3) is 7.76. The summed E-state index contributed by atoms with van der Waals surface area (Å²) < 4.78 is 10.1. The first-order valence-corrected chi connectivity index (χ1v) is 12.7. The average Bonchev–Trinajstić information content (AvgIpc) is 3.45. The average molecular weight is 498 g/mol. The summed E-state index contributed by atoms with van der Waals surface area (Å²) in [5.41, 5.74) is 0.755. The van der Waals surface area contributed by atoms with Crippen molar-refractivity contribution in [2.75, 3.05) is 0 Å². The van der Waals surface area contributed by atoms with Gasteiger partial charge in [-0.25, -0.2) is 4.79 Å². The van der Waals surface area contributed by atoms with Crippen LogP contribution < -0.4 is 10.6 Å².